The number of benzene rings is 4. The monoisotopic (exact) mass is 1250 g/mol. The molecule has 5 heterocycles. The number of rotatable bonds is 36. The Hall–Kier alpha value is -6.56. The van der Waals surface area contributed by atoms with Crippen molar-refractivity contribution < 1.29 is 37.9 Å². The molecule has 4 N–H and O–H groups in total. The number of nitrogens with one attached hydrogen (secondary N) is 4. The maximum Gasteiger partial charge on any atom is 0.208 e. The maximum atomic E-state index is 7.25. The average molecular weight is 1250 g/mol. The minimum atomic E-state index is 0.223. The summed E-state index contributed by atoms with van der Waals surface area (Å²) in [7, 11) is 6.90. The summed E-state index contributed by atoms with van der Waals surface area (Å²) in [5, 5.41) is 6.98. The summed E-state index contributed by atoms with van der Waals surface area (Å²) in [6.07, 6.45) is 26.6. The summed E-state index contributed by atoms with van der Waals surface area (Å²) in [5.41, 5.74) is 1.88. The Morgan fingerprint density at radius 1 is 0.356 bits per heavy atom. The second-order valence-electron chi connectivity index (χ2n) is 22.9. The van der Waals surface area contributed by atoms with Crippen LogP contribution in [0.3, 0.4) is 0 Å². The van der Waals surface area contributed by atoms with Crippen LogP contribution in [0.1, 0.15) is 182 Å². The van der Waals surface area contributed by atoms with E-state index >= 15 is 0 Å². The van der Waals surface area contributed by atoms with Crippen LogP contribution in [0.5, 0.6) is 46.0 Å². The standard InChI is InChI=1S/C68H92Cl2N8O8Si/c1-9-13-17-21-25-31-37-83-54-48-47(53(80-6)56(81-7)57(54)82-8)65-75-64-46-44(41-45(69)51(70)52(46)79-5)63(74-64)72-61-42-35-29-30-36-43(42)62(71-61)73-68-50-49(67(78-68)77-66(48)76-65)55(84-38-32-26-22-18-14-10-2)58(85-39-33-27-23-19-15-11-3)59(60(50)87)86-40-34-28-24-20-16-12-4/h29-30,35-36,41H,9-28,31-34,37-40H2,1-8,87H3,(H4,71,72,73,74,75,76,77,78). The Morgan fingerprint density at radius 3 is 1.22 bits per heavy atom. The van der Waals surface area contributed by atoms with E-state index in [9.17, 15) is 0 Å². The Kier molecular flexibility index (Phi) is 23.9. The molecule has 0 unspecified atom stereocenters. The lowest BCUT2D eigenvalue weighted by Gasteiger charge is -2.21. The summed E-state index contributed by atoms with van der Waals surface area (Å²) in [6.45, 7) is 10.9. The van der Waals surface area contributed by atoms with Crippen molar-refractivity contribution in [3.05, 3.63) is 62.3 Å². The van der Waals surface area contributed by atoms with Crippen LogP contribution in [0.15, 0.2) is 50.3 Å². The van der Waals surface area contributed by atoms with Crippen LogP contribution in [0.25, 0.3) is 43.1 Å². The minimum absolute atomic E-state index is 0.223. The molecule has 1 aliphatic rings. The summed E-state index contributed by atoms with van der Waals surface area (Å²) < 4.78 is 53.4. The fourth-order valence-corrected chi connectivity index (χ4v) is 13.3. The van der Waals surface area contributed by atoms with E-state index in [0.29, 0.717) is 149 Å². The highest BCUT2D eigenvalue weighted by atomic mass is 35.5. The summed E-state index contributed by atoms with van der Waals surface area (Å²) in [5.74, 6) is 5.46. The largest absolute Gasteiger partial charge is 0.494 e. The van der Waals surface area contributed by atoms with Gasteiger partial charge < -0.3 is 57.8 Å². The normalized spacial score (nSPS) is 12.2. The lowest BCUT2D eigenvalue weighted by Crippen LogP contribution is -2.16. The van der Waals surface area contributed by atoms with Gasteiger partial charge in [-0.15, -0.1) is 0 Å². The third kappa shape index (κ3) is 14.6. The van der Waals surface area contributed by atoms with Gasteiger partial charge in [-0.2, -0.15) is 0 Å². The van der Waals surface area contributed by atoms with Crippen LogP contribution in [-0.4, -0.2) is 85.0 Å². The van der Waals surface area contributed by atoms with Gasteiger partial charge in [-0.05, 0) is 36.9 Å². The van der Waals surface area contributed by atoms with Gasteiger partial charge in [-0.25, -0.2) is 20.0 Å². The number of fused-ring (bicyclic) bond motifs is 20. The summed E-state index contributed by atoms with van der Waals surface area (Å²) >= 11 is 13.9. The molecule has 19 heteroatoms. The molecule has 0 amide bonds. The van der Waals surface area contributed by atoms with E-state index in [4.69, 9.17) is 81.1 Å². The fraction of sp³-hybridized carbons (Fsp3) is 0.529. The van der Waals surface area contributed by atoms with Gasteiger partial charge in [0, 0.05) is 31.8 Å². The third-order valence-corrected chi connectivity index (χ3v) is 18.3. The van der Waals surface area contributed by atoms with Crippen molar-refractivity contribution in [3.63, 3.8) is 0 Å². The predicted octanol–water partition coefficient (Wildman–Crippen LogP) is 16.0. The first kappa shape index (κ1) is 64.9. The molecule has 9 rings (SSSR count). The van der Waals surface area contributed by atoms with E-state index in [1.807, 2.05) is 18.2 Å². The number of unbranched alkanes of at least 4 members (excludes halogenated alkanes) is 20. The van der Waals surface area contributed by atoms with E-state index in [1.165, 1.54) is 70.6 Å². The second kappa shape index (κ2) is 32.1. The van der Waals surface area contributed by atoms with Gasteiger partial charge >= 0.3 is 0 Å². The van der Waals surface area contributed by atoms with Crippen molar-refractivity contribution in [1.29, 1.82) is 0 Å². The lowest BCUT2D eigenvalue weighted by molar-refractivity contribution is 0.237. The number of aromatic nitrogens is 4. The maximum absolute atomic E-state index is 7.25. The molecule has 0 radical (unpaired) electrons. The van der Waals surface area contributed by atoms with Crippen molar-refractivity contribution in [2.75, 3.05) is 54.9 Å². The lowest BCUT2D eigenvalue weighted by atomic mass is 10.1. The molecule has 16 nitrogen and oxygen atoms in total. The highest BCUT2D eigenvalue weighted by molar-refractivity contribution is 6.45. The number of aromatic amines is 4. The molecule has 87 heavy (non-hydrogen) atoms. The van der Waals surface area contributed by atoms with E-state index in [-0.39, 0.29) is 10.0 Å². The van der Waals surface area contributed by atoms with Gasteiger partial charge in [0.1, 0.15) is 50.2 Å². The molecular weight excluding hydrogens is 1160 g/mol. The van der Waals surface area contributed by atoms with Gasteiger partial charge in [-0.3, -0.25) is 0 Å². The first-order valence-corrected chi connectivity index (χ1v) is 34.1. The molecule has 0 saturated carbocycles. The van der Waals surface area contributed by atoms with Crippen LogP contribution >= 0.6 is 23.2 Å². The first-order valence-electron chi connectivity index (χ1n) is 32.3. The molecule has 0 atom stereocenters. The zero-order chi connectivity index (χ0) is 61.2. The number of H-pyrrole nitrogens is 4. The average Bonchev–Trinajstić information content (AvgIpc) is 1.74. The topological polar surface area (TPSA) is 186 Å². The third-order valence-electron chi connectivity index (χ3n) is 16.6. The highest BCUT2D eigenvalue weighted by Crippen LogP contribution is 2.52. The molecule has 470 valence electrons. The summed E-state index contributed by atoms with van der Waals surface area (Å²) in [4.78, 5) is 36.8. The molecule has 8 bridgehead atoms. The van der Waals surface area contributed by atoms with Gasteiger partial charge in [0.15, 0.2) is 28.7 Å². The van der Waals surface area contributed by atoms with Gasteiger partial charge in [-0.1, -0.05) is 204 Å². The van der Waals surface area contributed by atoms with Crippen molar-refractivity contribution in [2.24, 2.45) is 20.0 Å². The number of halogens is 2. The second-order valence-corrected chi connectivity index (χ2v) is 24.7. The molecule has 0 saturated heterocycles. The Morgan fingerprint density at radius 2 is 0.724 bits per heavy atom. The van der Waals surface area contributed by atoms with E-state index < -0.39 is 0 Å². The van der Waals surface area contributed by atoms with Crippen molar-refractivity contribution in [2.45, 2.75) is 182 Å². The number of hydrogen-bond acceptors (Lipinski definition) is 12. The van der Waals surface area contributed by atoms with E-state index in [0.717, 1.165) is 110 Å². The van der Waals surface area contributed by atoms with Crippen LogP contribution in [0.4, 0.5) is 23.3 Å². The molecule has 0 aliphatic carbocycles. The number of ether oxygens (including phenoxy) is 8. The minimum Gasteiger partial charge on any atom is -0.494 e. The van der Waals surface area contributed by atoms with Gasteiger partial charge in [0.2, 0.25) is 17.2 Å². The van der Waals surface area contributed by atoms with Crippen LogP contribution in [0.2, 0.25) is 10.0 Å². The SMILES string of the molecule is CCCCCCCCOc1c(OCCCCCCCC)c(OCCCCCCCC)c2c3[nH]c(c2c1[SiH3])N=c1[nH]c(c2ccccc12)=Nc1[nH]c(c2c(OC)c(Cl)c(Cl)cc12)N=c1[nH]c(c2c(OCCCCCCCC)c(OC)c(OC)c(OC)c12)=N3. The van der Waals surface area contributed by atoms with E-state index in [1.54, 1.807) is 34.5 Å². The molecular formula is C68H92Cl2N8O8Si. The molecule has 4 aromatic heterocycles. The first-order chi connectivity index (χ1) is 42.7. The summed E-state index contributed by atoms with van der Waals surface area (Å²) in [6, 6.07) is 9.87. The molecule has 1 aliphatic heterocycles. The number of methoxy groups -OCH3 is 4. The van der Waals surface area contributed by atoms with Crippen LogP contribution in [-0.2, 0) is 0 Å². The fourth-order valence-electron chi connectivity index (χ4n) is 12.0. The van der Waals surface area contributed by atoms with Crippen molar-refractivity contribution in [3.8, 4) is 46.0 Å². The Labute approximate surface area is 525 Å². The zero-order valence-electron chi connectivity index (χ0n) is 53.0. The smallest absolute Gasteiger partial charge is 0.208 e. The van der Waals surface area contributed by atoms with E-state index in [2.05, 4.69) is 53.7 Å². The van der Waals surface area contributed by atoms with Crippen molar-refractivity contribution in [1.82, 2.24) is 19.9 Å². The quantitative estimate of drug-likeness (QED) is 0.0221. The molecule has 8 aromatic rings. The van der Waals surface area contributed by atoms with Crippen LogP contribution < -0.4 is 65.0 Å². The van der Waals surface area contributed by atoms with Crippen molar-refractivity contribution >= 4 is 105 Å². The molecule has 0 spiro atoms. The molecule has 4 aromatic carbocycles. The Balaban J connectivity index is 1.41. The van der Waals surface area contributed by atoms with Gasteiger partial charge in [0.05, 0.1) is 81.4 Å². The predicted molar refractivity (Wildman–Crippen MR) is 358 cm³/mol. The van der Waals surface area contributed by atoms with Crippen LogP contribution in [0, 0.1) is 0 Å². The number of nitrogens with zero attached hydrogens (tertiary/aromatic N) is 4. The number of hydrogen-bond donors (Lipinski definition) is 4. The Bertz CT molecular complexity index is 3870. The highest BCUT2D eigenvalue weighted by Gasteiger charge is 2.31. The zero-order valence-corrected chi connectivity index (χ0v) is 56.5. The molecule has 0 fully saturated rings. The van der Waals surface area contributed by atoms with Gasteiger partial charge in [0.25, 0.3) is 0 Å².